The molecule has 0 saturated carbocycles. The van der Waals surface area contributed by atoms with Gasteiger partial charge in [-0.3, -0.25) is 24.4 Å². The molecule has 6 rings (SSSR count). The topological polar surface area (TPSA) is 182 Å². The van der Waals surface area contributed by atoms with Crippen LogP contribution in [0.4, 0.5) is 14.3 Å². The molecule has 2 saturated heterocycles. The first kappa shape index (κ1) is 34.0. The van der Waals surface area contributed by atoms with Gasteiger partial charge in [-0.2, -0.15) is 5.01 Å². The Morgan fingerprint density at radius 2 is 1.88 bits per heavy atom. The number of benzene rings is 3. The smallest absolute Gasteiger partial charge is 0.404 e. The van der Waals surface area contributed by atoms with Crippen LogP contribution in [0.2, 0.25) is 0 Å². The number of nitrogens with one attached hydrogen (secondary N) is 1. The molecule has 2 atom stereocenters. The van der Waals surface area contributed by atoms with Crippen molar-refractivity contribution in [1.82, 2.24) is 30.1 Å². The largest absolute Gasteiger partial charge is 0.524 e. The first-order valence-corrected chi connectivity index (χ1v) is 17.5. The maximum absolute atomic E-state index is 14.6. The zero-order valence-electron chi connectivity index (χ0n) is 26.0. The lowest BCUT2D eigenvalue weighted by Gasteiger charge is -2.46. The molecule has 4 amide bonds. The van der Waals surface area contributed by atoms with Crippen molar-refractivity contribution in [2.45, 2.75) is 31.7 Å². The summed E-state index contributed by atoms with van der Waals surface area (Å²) < 4.78 is 30.8. The summed E-state index contributed by atoms with van der Waals surface area (Å²) in [6.45, 7) is 3.98. The second-order valence-corrected chi connectivity index (χ2v) is 13.7. The van der Waals surface area contributed by atoms with Crippen LogP contribution in [0.15, 0.2) is 79.4 Å². The van der Waals surface area contributed by atoms with Gasteiger partial charge in [0.1, 0.15) is 23.8 Å². The van der Waals surface area contributed by atoms with Crippen LogP contribution in [-0.4, -0.2) is 84.3 Å². The standard InChI is InChI=1S/C32H33FN7O7PS/c1-2-14-38(32(43)35-16-21-6-4-3-5-7-21)39-19-27(41)40-25(15-20-8-11-23(12-9-20)47-48(44,45)46)30(42)37(18-26(39)40)17-22-10-13-24(33)29-28(22)36-31(34)49-29/h2-13,25-26H,1,14-19H2,(H2,34,36)(H,35,43)(H2,44,45,46)/t25-,26+/m1/s1. The van der Waals surface area contributed by atoms with Gasteiger partial charge >= 0.3 is 13.9 Å². The Morgan fingerprint density at radius 1 is 1.14 bits per heavy atom. The summed E-state index contributed by atoms with van der Waals surface area (Å²) in [6, 6.07) is 16.5. The van der Waals surface area contributed by atoms with E-state index in [1.54, 1.807) is 34.2 Å². The van der Waals surface area contributed by atoms with Crippen LogP contribution in [0.5, 0.6) is 5.75 Å². The molecule has 0 radical (unpaired) electrons. The number of nitrogens with two attached hydrogens (primary N) is 1. The van der Waals surface area contributed by atoms with E-state index in [2.05, 4.69) is 21.4 Å². The highest BCUT2D eigenvalue weighted by Gasteiger charge is 2.52. The number of phosphoric ester groups is 1. The number of hydrazine groups is 1. The van der Waals surface area contributed by atoms with E-state index in [9.17, 15) is 23.3 Å². The molecule has 3 heterocycles. The van der Waals surface area contributed by atoms with Crippen molar-refractivity contribution in [3.8, 4) is 5.75 Å². The van der Waals surface area contributed by atoms with Crippen molar-refractivity contribution in [3.63, 3.8) is 0 Å². The van der Waals surface area contributed by atoms with Crippen LogP contribution in [0.3, 0.4) is 0 Å². The van der Waals surface area contributed by atoms with Gasteiger partial charge in [0.2, 0.25) is 11.8 Å². The number of anilines is 1. The molecule has 5 N–H and O–H groups in total. The van der Waals surface area contributed by atoms with Gasteiger partial charge < -0.3 is 25.4 Å². The van der Waals surface area contributed by atoms with E-state index in [0.29, 0.717) is 16.6 Å². The van der Waals surface area contributed by atoms with Crippen molar-refractivity contribution in [2.24, 2.45) is 0 Å². The Bertz CT molecular complexity index is 1940. The average molecular weight is 710 g/mol. The molecule has 0 spiro atoms. The molecular formula is C32H33FN7O7PS. The third-order valence-electron chi connectivity index (χ3n) is 8.23. The highest BCUT2D eigenvalue weighted by atomic mass is 32.1. The molecule has 4 aromatic rings. The fourth-order valence-corrected chi connectivity index (χ4v) is 7.29. The van der Waals surface area contributed by atoms with Gasteiger partial charge in [-0.25, -0.2) is 18.7 Å². The predicted molar refractivity (Wildman–Crippen MR) is 179 cm³/mol. The van der Waals surface area contributed by atoms with Gasteiger partial charge in [0.25, 0.3) is 0 Å². The third-order valence-corrected chi connectivity index (χ3v) is 9.57. The van der Waals surface area contributed by atoms with E-state index in [1.165, 1.54) is 28.1 Å². The highest BCUT2D eigenvalue weighted by molar-refractivity contribution is 7.46. The number of nitrogen functional groups attached to an aromatic ring is 1. The number of rotatable bonds is 11. The van der Waals surface area contributed by atoms with Crippen LogP contribution in [0.25, 0.3) is 10.2 Å². The number of aromatic nitrogens is 1. The number of nitrogens with zero attached hydrogens (tertiary/aromatic N) is 5. The summed E-state index contributed by atoms with van der Waals surface area (Å²) in [7, 11) is -4.78. The number of phosphoric acid groups is 1. The van der Waals surface area contributed by atoms with Gasteiger partial charge in [-0.15, -0.1) is 6.58 Å². The van der Waals surface area contributed by atoms with E-state index in [0.717, 1.165) is 16.9 Å². The molecule has 2 aliphatic rings. The fraction of sp³-hybridized carbons (Fsp3) is 0.250. The van der Waals surface area contributed by atoms with Crippen LogP contribution < -0.4 is 15.6 Å². The van der Waals surface area contributed by atoms with Gasteiger partial charge in [0.05, 0.1) is 29.9 Å². The third kappa shape index (κ3) is 7.43. The SMILES string of the molecule is C=CCN(C(=O)NCc1ccccc1)N1CC(=O)N2[C@H](Cc3ccc(OP(=O)(O)O)cc3)C(=O)N(Cc3ccc(F)c4sc(N)nc34)C[C@H]21. The Hall–Kier alpha value is -4.86. The molecule has 1 aromatic heterocycles. The second kappa shape index (κ2) is 13.9. The van der Waals surface area contributed by atoms with Gasteiger partial charge in [-0.05, 0) is 34.9 Å². The molecule has 2 aliphatic heterocycles. The van der Waals surface area contributed by atoms with E-state index >= 15 is 0 Å². The number of hydrogen-bond acceptors (Lipinski definition) is 9. The number of thiazole rings is 1. The summed E-state index contributed by atoms with van der Waals surface area (Å²) in [5, 5.41) is 6.09. The van der Waals surface area contributed by atoms with E-state index < -0.39 is 31.9 Å². The number of carbonyl (C=O) groups excluding carboxylic acids is 3. The van der Waals surface area contributed by atoms with E-state index in [-0.39, 0.29) is 66.5 Å². The molecule has 17 heteroatoms. The minimum absolute atomic E-state index is 0.0221. The zero-order chi connectivity index (χ0) is 34.9. The summed E-state index contributed by atoms with van der Waals surface area (Å²) in [4.78, 5) is 67.2. The van der Waals surface area contributed by atoms with Crippen molar-refractivity contribution in [3.05, 3.63) is 102 Å². The molecule has 49 heavy (non-hydrogen) atoms. The number of urea groups is 1. The first-order valence-electron chi connectivity index (χ1n) is 15.2. The number of fused-ring (bicyclic) bond motifs is 2. The lowest BCUT2D eigenvalue weighted by Crippen LogP contribution is -2.66. The molecule has 0 bridgehead atoms. The van der Waals surface area contributed by atoms with Crippen LogP contribution in [0.1, 0.15) is 16.7 Å². The van der Waals surface area contributed by atoms with Crippen molar-refractivity contribution in [1.29, 1.82) is 0 Å². The average Bonchev–Trinajstić information content (AvgIpc) is 3.62. The molecule has 3 aromatic carbocycles. The normalized spacial score (nSPS) is 18.1. The molecule has 256 valence electrons. The quantitative estimate of drug-likeness (QED) is 0.133. The van der Waals surface area contributed by atoms with E-state index in [4.69, 9.17) is 15.5 Å². The fourth-order valence-electron chi connectivity index (χ4n) is 6.11. The maximum Gasteiger partial charge on any atom is 0.524 e. The van der Waals surface area contributed by atoms with Crippen molar-refractivity contribution in [2.75, 3.05) is 25.4 Å². The minimum atomic E-state index is -4.78. The minimum Gasteiger partial charge on any atom is -0.404 e. The summed E-state index contributed by atoms with van der Waals surface area (Å²) in [5.74, 6) is -1.31. The Balaban J connectivity index is 1.32. The van der Waals surface area contributed by atoms with Crippen molar-refractivity contribution < 1.29 is 37.6 Å². The lowest BCUT2D eigenvalue weighted by atomic mass is 9.99. The van der Waals surface area contributed by atoms with Crippen LogP contribution in [0, 0.1) is 5.82 Å². The number of piperazine rings is 1. The molecule has 14 nitrogen and oxygen atoms in total. The first-order chi connectivity index (χ1) is 23.4. The van der Waals surface area contributed by atoms with E-state index in [1.807, 2.05) is 30.3 Å². The van der Waals surface area contributed by atoms with Gasteiger partial charge in [0, 0.05) is 19.5 Å². The van der Waals surface area contributed by atoms with Gasteiger partial charge in [-0.1, -0.05) is 65.9 Å². The van der Waals surface area contributed by atoms with Crippen LogP contribution >= 0.6 is 19.2 Å². The molecular weight excluding hydrogens is 676 g/mol. The monoisotopic (exact) mass is 709 g/mol. The summed E-state index contributed by atoms with van der Waals surface area (Å²) >= 11 is 1.00. The predicted octanol–water partition coefficient (Wildman–Crippen LogP) is 3.23. The zero-order valence-corrected chi connectivity index (χ0v) is 27.7. The number of carbonyl (C=O) groups is 3. The maximum atomic E-state index is 14.6. The van der Waals surface area contributed by atoms with Gasteiger partial charge in [0.15, 0.2) is 5.13 Å². The Morgan fingerprint density at radius 3 is 2.57 bits per heavy atom. The molecule has 2 fully saturated rings. The summed E-state index contributed by atoms with van der Waals surface area (Å²) in [5.41, 5.74) is 8.27. The van der Waals surface area contributed by atoms with Crippen molar-refractivity contribution >= 4 is 52.4 Å². The Kier molecular flexibility index (Phi) is 9.68. The lowest BCUT2D eigenvalue weighted by molar-refractivity contribution is -0.157. The summed E-state index contributed by atoms with van der Waals surface area (Å²) in [6.07, 6.45) is 0.833. The van der Waals surface area contributed by atoms with Crippen LogP contribution in [-0.2, 0) is 33.7 Å². The Labute approximate surface area is 284 Å². The molecule has 0 aliphatic carbocycles. The number of halogens is 1. The highest BCUT2D eigenvalue weighted by Crippen LogP contribution is 2.38. The number of hydrogen-bond donors (Lipinski definition) is 4. The molecule has 0 unspecified atom stereocenters. The second-order valence-electron chi connectivity index (χ2n) is 11.5. The number of amides is 4.